The van der Waals surface area contributed by atoms with Crippen LogP contribution in [0.3, 0.4) is 0 Å². The van der Waals surface area contributed by atoms with Crippen molar-refractivity contribution < 1.29 is 14.6 Å². The molecule has 0 aliphatic rings. The number of benzene rings is 1. The van der Waals surface area contributed by atoms with Crippen molar-refractivity contribution in [3.05, 3.63) is 29.8 Å². The highest BCUT2D eigenvalue weighted by Crippen LogP contribution is 2.19. The number of hydrogen-bond acceptors (Lipinski definition) is 3. The van der Waals surface area contributed by atoms with Crippen LogP contribution in [0.5, 0.6) is 5.75 Å². The van der Waals surface area contributed by atoms with Gasteiger partial charge in [-0.3, -0.25) is 0 Å². The van der Waals surface area contributed by atoms with Crippen molar-refractivity contribution in [2.75, 3.05) is 0 Å². The van der Waals surface area contributed by atoms with Gasteiger partial charge in [-0.05, 0) is 31.4 Å². The summed E-state index contributed by atoms with van der Waals surface area (Å²) in [5, 5.41) is 9.58. The molecule has 1 N–H and O–H groups in total. The van der Waals surface area contributed by atoms with Gasteiger partial charge in [-0.25, -0.2) is 4.79 Å². The van der Waals surface area contributed by atoms with Crippen molar-refractivity contribution >= 4 is 5.97 Å². The zero-order valence-electron chi connectivity index (χ0n) is 11.2. The van der Waals surface area contributed by atoms with Crippen molar-refractivity contribution in [3.8, 4) is 5.75 Å². The Morgan fingerprint density at radius 3 is 2.53 bits per heavy atom. The smallest absolute Gasteiger partial charge is 0.342 e. The van der Waals surface area contributed by atoms with Gasteiger partial charge in [-0.1, -0.05) is 46.2 Å². The number of para-hydroxylation sites is 1. The molecular formula is C16H26O3. The molecule has 0 spiro atoms. The Kier molecular flexibility index (Phi) is 8.68. The standard InChI is InChI=1S/C15H22O3.CH4/c1-3-5-6-9-12(4-2)18-15(17)13-10-7-8-11-14(13)16;/h7-8,10-12,16H,3-6,9H2,1-2H3;1H4. The number of rotatable bonds is 7. The van der Waals surface area contributed by atoms with E-state index in [0.717, 1.165) is 32.1 Å². The first-order valence-corrected chi connectivity index (χ1v) is 6.68. The van der Waals surface area contributed by atoms with Crippen LogP contribution in [0, 0.1) is 0 Å². The molecule has 0 saturated heterocycles. The molecular weight excluding hydrogens is 240 g/mol. The van der Waals surface area contributed by atoms with Crippen LogP contribution in [-0.2, 0) is 4.74 Å². The van der Waals surface area contributed by atoms with Crippen LogP contribution in [0.15, 0.2) is 24.3 Å². The summed E-state index contributed by atoms with van der Waals surface area (Å²) >= 11 is 0. The molecule has 19 heavy (non-hydrogen) atoms. The molecule has 1 rings (SSSR count). The third-order valence-corrected chi connectivity index (χ3v) is 2.98. The highest BCUT2D eigenvalue weighted by Gasteiger charge is 2.16. The van der Waals surface area contributed by atoms with Gasteiger partial charge in [0.25, 0.3) is 0 Å². The first kappa shape index (κ1) is 17.5. The van der Waals surface area contributed by atoms with Gasteiger partial charge in [0.2, 0.25) is 0 Å². The molecule has 1 aromatic carbocycles. The largest absolute Gasteiger partial charge is 0.507 e. The fourth-order valence-corrected chi connectivity index (χ4v) is 1.83. The Morgan fingerprint density at radius 2 is 1.95 bits per heavy atom. The molecule has 3 nitrogen and oxygen atoms in total. The zero-order chi connectivity index (χ0) is 13.4. The Balaban J connectivity index is 0.00000324. The summed E-state index contributed by atoms with van der Waals surface area (Å²) in [6, 6.07) is 6.48. The summed E-state index contributed by atoms with van der Waals surface area (Å²) in [7, 11) is 0. The molecule has 0 aliphatic heterocycles. The monoisotopic (exact) mass is 266 g/mol. The molecule has 0 aromatic heterocycles. The predicted octanol–water partition coefficient (Wildman–Crippen LogP) is 4.54. The summed E-state index contributed by atoms with van der Waals surface area (Å²) in [5.74, 6) is -0.456. The fraction of sp³-hybridized carbons (Fsp3) is 0.562. The van der Waals surface area contributed by atoms with Crippen LogP contribution in [0.1, 0.15) is 63.7 Å². The number of phenols is 1. The lowest BCUT2D eigenvalue weighted by Crippen LogP contribution is -2.17. The van der Waals surface area contributed by atoms with Crippen molar-refractivity contribution in [2.24, 2.45) is 0 Å². The summed E-state index contributed by atoms with van der Waals surface area (Å²) in [5.41, 5.74) is 0.242. The maximum absolute atomic E-state index is 11.9. The molecule has 0 heterocycles. The topological polar surface area (TPSA) is 46.5 Å². The van der Waals surface area contributed by atoms with Crippen LogP contribution in [0.4, 0.5) is 0 Å². The number of phenolic OH excluding ortho intramolecular Hbond substituents is 1. The van der Waals surface area contributed by atoms with E-state index in [-0.39, 0.29) is 24.8 Å². The number of ether oxygens (including phenoxy) is 1. The molecule has 3 heteroatoms. The number of carbonyl (C=O) groups is 1. The van der Waals surface area contributed by atoms with E-state index >= 15 is 0 Å². The summed E-state index contributed by atoms with van der Waals surface area (Å²) in [6.07, 6.45) is 5.04. The van der Waals surface area contributed by atoms with Gasteiger partial charge in [0, 0.05) is 0 Å². The summed E-state index contributed by atoms with van der Waals surface area (Å²) in [4.78, 5) is 11.9. The van der Waals surface area contributed by atoms with Crippen LogP contribution < -0.4 is 0 Å². The molecule has 0 aliphatic carbocycles. The van der Waals surface area contributed by atoms with E-state index in [0.29, 0.717) is 0 Å². The maximum atomic E-state index is 11.9. The first-order chi connectivity index (χ1) is 8.69. The van der Waals surface area contributed by atoms with E-state index in [9.17, 15) is 9.90 Å². The minimum Gasteiger partial charge on any atom is -0.507 e. The second-order valence-electron chi connectivity index (χ2n) is 4.45. The SMILES string of the molecule is C.CCCCCC(CC)OC(=O)c1ccccc1O. The normalized spacial score (nSPS) is 11.5. The van der Waals surface area contributed by atoms with Crippen molar-refractivity contribution in [1.29, 1.82) is 0 Å². The Bertz CT molecular complexity index is 374. The van der Waals surface area contributed by atoms with E-state index < -0.39 is 5.97 Å². The van der Waals surface area contributed by atoms with Crippen LogP contribution in [-0.4, -0.2) is 17.2 Å². The molecule has 1 unspecified atom stereocenters. The summed E-state index contributed by atoms with van der Waals surface area (Å²) < 4.78 is 5.41. The van der Waals surface area contributed by atoms with E-state index in [4.69, 9.17) is 4.74 Å². The second kappa shape index (κ2) is 9.42. The molecule has 0 fully saturated rings. The number of unbranched alkanes of at least 4 members (excludes halogenated alkanes) is 2. The van der Waals surface area contributed by atoms with Gasteiger partial charge in [0.05, 0.1) is 0 Å². The maximum Gasteiger partial charge on any atom is 0.342 e. The Hall–Kier alpha value is -1.51. The molecule has 1 aromatic rings. The lowest BCUT2D eigenvalue weighted by Gasteiger charge is -2.16. The van der Waals surface area contributed by atoms with Gasteiger partial charge in [-0.2, -0.15) is 0 Å². The number of carbonyl (C=O) groups excluding carboxylic acids is 1. The van der Waals surface area contributed by atoms with Crippen LogP contribution in [0.2, 0.25) is 0 Å². The molecule has 0 amide bonds. The molecule has 1 atom stereocenters. The first-order valence-electron chi connectivity index (χ1n) is 6.68. The van der Waals surface area contributed by atoms with E-state index in [1.54, 1.807) is 18.2 Å². The number of aromatic hydroxyl groups is 1. The Morgan fingerprint density at radius 1 is 1.26 bits per heavy atom. The zero-order valence-corrected chi connectivity index (χ0v) is 11.2. The van der Waals surface area contributed by atoms with Crippen LogP contribution in [0.25, 0.3) is 0 Å². The minimum atomic E-state index is -0.434. The van der Waals surface area contributed by atoms with E-state index in [1.807, 2.05) is 6.92 Å². The van der Waals surface area contributed by atoms with Crippen molar-refractivity contribution in [3.63, 3.8) is 0 Å². The highest BCUT2D eigenvalue weighted by molar-refractivity contribution is 5.92. The van der Waals surface area contributed by atoms with Gasteiger partial charge in [0.1, 0.15) is 17.4 Å². The third-order valence-electron chi connectivity index (χ3n) is 2.98. The lowest BCUT2D eigenvalue weighted by molar-refractivity contribution is 0.0264. The average molecular weight is 266 g/mol. The quantitative estimate of drug-likeness (QED) is 0.582. The molecule has 0 radical (unpaired) electrons. The van der Waals surface area contributed by atoms with E-state index in [2.05, 4.69) is 6.92 Å². The average Bonchev–Trinajstić information content (AvgIpc) is 2.38. The number of esters is 1. The molecule has 0 bridgehead atoms. The Labute approximate surface area is 116 Å². The minimum absolute atomic E-state index is 0. The number of hydrogen-bond donors (Lipinski definition) is 1. The molecule has 108 valence electrons. The van der Waals surface area contributed by atoms with Crippen molar-refractivity contribution in [2.45, 2.75) is 59.5 Å². The van der Waals surface area contributed by atoms with Gasteiger partial charge in [0.15, 0.2) is 0 Å². The van der Waals surface area contributed by atoms with Gasteiger partial charge >= 0.3 is 5.97 Å². The van der Waals surface area contributed by atoms with E-state index in [1.165, 1.54) is 6.07 Å². The van der Waals surface area contributed by atoms with Gasteiger partial charge in [-0.15, -0.1) is 0 Å². The predicted molar refractivity (Wildman–Crippen MR) is 78.5 cm³/mol. The fourth-order valence-electron chi connectivity index (χ4n) is 1.83. The second-order valence-corrected chi connectivity index (χ2v) is 4.45. The van der Waals surface area contributed by atoms with Crippen molar-refractivity contribution in [1.82, 2.24) is 0 Å². The van der Waals surface area contributed by atoms with Gasteiger partial charge < -0.3 is 9.84 Å². The highest BCUT2D eigenvalue weighted by atomic mass is 16.5. The lowest BCUT2D eigenvalue weighted by atomic mass is 10.1. The van der Waals surface area contributed by atoms with Crippen LogP contribution >= 0.6 is 0 Å². The third kappa shape index (κ3) is 5.77. The summed E-state index contributed by atoms with van der Waals surface area (Å²) in [6.45, 7) is 4.16. The molecule has 0 saturated carbocycles.